The maximum atomic E-state index is 12.8. The summed E-state index contributed by atoms with van der Waals surface area (Å²) >= 11 is 0. The Morgan fingerprint density at radius 2 is 1.95 bits per heavy atom. The zero-order chi connectivity index (χ0) is 14.7. The Bertz CT molecular complexity index is 775. The molecule has 0 aliphatic carbocycles. The minimum absolute atomic E-state index is 0.244. The molecule has 0 saturated carbocycles. The molecule has 3 aromatic rings. The zero-order valence-electron chi connectivity index (χ0n) is 11.6. The molecule has 3 nitrogen and oxygen atoms in total. The third-order valence-corrected chi connectivity index (χ3v) is 3.14. The summed E-state index contributed by atoms with van der Waals surface area (Å²) in [5.41, 5.74) is 3.65. The van der Waals surface area contributed by atoms with Crippen molar-refractivity contribution in [2.24, 2.45) is 0 Å². The van der Waals surface area contributed by atoms with Crippen LogP contribution in [0.1, 0.15) is 17.0 Å². The number of halogens is 1. The highest BCUT2D eigenvalue weighted by molar-refractivity contribution is 5.76. The maximum Gasteiger partial charge on any atom is 0.220 e. The lowest BCUT2D eigenvalue weighted by Crippen LogP contribution is -2.04. The van der Waals surface area contributed by atoms with Gasteiger partial charge in [-0.25, -0.2) is 9.37 Å². The molecule has 0 fully saturated rings. The van der Waals surface area contributed by atoms with E-state index in [0.29, 0.717) is 5.89 Å². The van der Waals surface area contributed by atoms with Crippen LogP contribution in [0.2, 0.25) is 0 Å². The molecule has 3 rings (SSSR count). The van der Waals surface area contributed by atoms with Gasteiger partial charge in [0.15, 0.2) is 5.58 Å². The molecule has 1 heterocycles. The largest absolute Gasteiger partial charge is 0.437 e. The highest BCUT2D eigenvalue weighted by Gasteiger charge is 2.04. The number of hydrogen-bond donors (Lipinski definition) is 1. The fraction of sp³-hybridized carbons (Fsp3) is 0.118. The van der Waals surface area contributed by atoms with Crippen LogP contribution >= 0.6 is 0 Å². The van der Waals surface area contributed by atoms with Gasteiger partial charge in [0.05, 0.1) is 0 Å². The van der Waals surface area contributed by atoms with Crippen molar-refractivity contribution in [2.45, 2.75) is 6.54 Å². The van der Waals surface area contributed by atoms with Gasteiger partial charge in [-0.2, -0.15) is 0 Å². The fourth-order valence-corrected chi connectivity index (χ4v) is 2.12. The first-order valence-corrected chi connectivity index (χ1v) is 6.72. The van der Waals surface area contributed by atoms with Crippen LogP contribution in [0.3, 0.4) is 0 Å². The van der Waals surface area contributed by atoms with Crippen molar-refractivity contribution in [3.05, 3.63) is 65.3 Å². The molecular weight excluding hydrogens is 267 g/mol. The van der Waals surface area contributed by atoms with E-state index in [1.54, 1.807) is 18.2 Å². The quantitative estimate of drug-likeness (QED) is 0.789. The van der Waals surface area contributed by atoms with Crippen molar-refractivity contribution in [3.63, 3.8) is 0 Å². The number of hydrogen-bond acceptors (Lipinski definition) is 3. The summed E-state index contributed by atoms with van der Waals surface area (Å²) in [6, 6.07) is 12.2. The van der Waals surface area contributed by atoms with Gasteiger partial charge in [-0.3, -0.25) is 0 Å². The topological polar surface area (TPSA) is 38.1 Å². The number of rotatable bonds is 4. The molecule has 0 saturated heterocycles. The molecule has 0 aliphatic heterocycles. The SMILES string of the molecule is CNCc1ccc2oc(/C=C/c3ccc(F)cc3)nc2c1. The Morgan fingerprint density at radius 1 is 1.14 bits per heavy atom. The van der Waals surface area contributed by atoms with Crippen LogP contribution in [-0.4, -0.2) is 12.0 Å². The third-order valence-electron chi connectivity index (χ3n) is 3.14. The van der Waals surface area contributed by atoms with Crippen LogP contribution in [0.15, 0.2) is 46.9 Å². The summed E-state index contributed by atoms with van der Waals surface area (Å²) in [5.74, 6) is 0.294. The molecule has 0 spiro atoms. The van der Waals surface area contributed by atoms with E-state index in [9.17, 15) is 4.39 Å². The Labute approximate surface area is 122 Å². The average Bonchev–Trinajstić information content (AvgIpc) is 2.89. The van der Waals surface area contributed by atoms with E-state index in [1.165, 1.54) is 12.1 Å². The molecule has 0 atom stereocenters. The van der Waals surface area contributed by atoms with Crippen molar-refractivity contribution < 1.29 is 8.81 Å². The number of nitrogens with zero attached hydrogens (tertiary/aromatic N) is 1. The van der Waals surface area contributed by atoms with Gasteiger partial charge in [0.25, 0.3) is 0 Å². The summed E-state index contributed by atoms with van der Waals surface area (Å²) in [6.45, 7) is 0.795. The minimum Gasteiger partial charge on any atom is -0.437 e. The summed E-state index contributed by atoms with van der Waals surface area (Å²) in [4.78, 5) is 4.43. The fourth-order valence-electron chi connectivity index (χ4n) is 2.12. The summed E-state index contributed by atoms with van der Waals surface area (Å²) < 4.78 is 18.5. The van der Waals surface area contributed by atoms with Crippen LogP contribution in [0.4, 0.5) is 4.39 Å². The predicted octanol–water partition coefficient (Wildman–Crippen LogP) is 3.86. The Morgan fingerprint density at radius 3 is 2.71 bits per heavy atom. The predicted molar refractivity (Wildman–Crippen MR) is 82.1 cm³/mol. The molecule has 0 unspecified atom stereocenters. The zero-order valence-corrected chi connectivity index (χ0v) is 11.6. The lowest BCUT2D eigenvalue weighted by molar-refractivity contribution is 0.589. The molecule has 1 aromatic heterocycles. The van der Waals surface area contributed by atoms with E-state index in [0.717, 1.165) is 28.8 Å². The third kappa shape index (κ3) is 3.17. The number of oxazole rings is 1. The van der Waals surface area contributed by atoms with Gasteiger partial charge >= 0.3 is 0 Å². The first-order chi connectivity index (χ1) is 10.2. The number of aromatic nitrogens is 1. The second-order valence-electron chi connectivity index (χ2n) is 4.77. The van der Waals surface area contributed by atoms with E-state index in [2.05, 4.69) is 10.3 Å². The molecule has 2 aromatic carbocycles. The first kappa shape index (κ1) is 13.5. The highest BCUT2D eigenvalue weighted by Crippen LogP contribution is 2.19. The first-order valence-electron chi connectivity index (χ1n) is 6.72. The normalized spacial score (nSPS) is 11.5. The monoisotopic (exact) mass is 282 g/mol. The molecule has 0 aliphatic rings. The number of nitrogens with one attached hydrogen (secondary N) is 1. The van der Waals surface area contributed by atoms with Crippen molar-refractivity contribution in [1.29, 1.82) is 0 Å². The lowest BCUT2D eigenvalue weighted by Gasteiger charge is -1.97. The summed E-state index contributed by atoms with van der Waals surface area (Å²) in [7, 11) is 1.91. The van der Waals surface area contributed by atoms with Gasteiger partial charge in [-0.05, 0) is 48.5 Å². The van der Waals surface area contributed by atoms with E-state index in [1.807, 2.05) is 31.3 Å². The van der Waals surface area contributed by atoms with Crippen LogP contribution in [-0.2, 0) is 6.54 Å². The van der Waals surface area contributed by atoms with Gasteiger partial charge in [0.1, 0.15) is 11.3 Å². The van der Waals surface area contributed by atoms with Gasteiger partial charge in [0, 0.05) is 12.6 Å². The van der Waals surface area contributed by atoms with Crippen molar-refractivity contribution in [2.75, 3.05) is 7.05 Å². The number of benzene rings is 2. The second-order valence-corrected chi connectivity index (χ2v) is 4.77. The van der Waals surface area contributed by atoms with E-state index in [-0.39, 0.29) is 5.82 Å². The standard InChI is InChI=1S/C17H15FN2O/c1-19-11-13-4-8-16-15(10-13)20-17(21-16)9-5-12-2-6-14(18)7-3-12/h2-10,19H,11H2,1H3/b9-5+. The van der Waals surface area contributed by atoms with Gasteiger partial charge in [-0.15, -0.1) is 0 Å². The average molecular weight is 282 g/mol. The molecule has 21 heavy (non-hydrogen) atoms. The van der Waals surface area contributed by atoms with Crippen molar-refractivity contribution in [3.8, 4) is 0 Å². The summed E-state index contributed by atoms with van der Waals surface area (Å²) in [5, 5.41) is 3.10. The molecule has 1 N–H and O–H groups in total. The second kappa shape index (κ2) is 5.89. The van der Waals surface area contributed by atoms with Crippen LogP contribution < -0.4 is 5.32 Å². The minimum atomic E-state index is -0.244. The Balaban J connectivity index is 1.85. The molecule has 0 radical (unpaired) electrons. The summed E-state index contributed by atoms with van der Waals surface area (Å²) in [6.07, 6.45) is 3.63. The van der Waals surface area contributed by atoms with E-state index < -0.39 is 0 Å². The Hall–Kier alpha value is -2.46. The van der Waals surface area contributed by atoms with Crippen LogP contribution in [0, 0.1) is 5.82 Å². The van der Waals surface area contributed by atoms with Gasteiger partial charge in [-0.1, -0.05) is 18.2 Å². The van der Waals surface area contributed by atoms with Crippen molar-refractivity contribution >= 4 is 23.3 Å². The van der Waals surface area contributed by atoms with Gasteiger partial charge < -0.3 is 9.73 Å². The van der Waals surface area contributed by atoms with E-state index in [4.69, 9.17) is 4.42 Å². The molecule has 106 valence electrons. The highest BCUT2D eigenvalue weighted by atomic mass is 19.1. The maximum absolute atomic E-state index is 12.8. The van der Waals surface area contributed by atoms with Crippen molar-refractivity contribution in [1.82, 2.24) is 10.3 Å². The van der Waals surface area contributed by atoms with Crippen LogP contribution in [0.5, 0.6) is 0 Å². The molecule has 0 amide bonds. The van der Waals surface area contributed by atoms with E-state index >= 15 is 0 Å². The van der Waals surface area contributed by atoms with Crippen LogP contribution in [0.25, 0.3) is 23.3 Å². The van der Waals surface area contributed by atoms with Gasteiger partial charge in [0.2, 0.25) is 5.89 Å². The number of fused-ring (bicyclic) bond motifs is 1. The molecule has 0 bridgehead atoms. The lowest BCUT2D eigenvalue weighted by atomic mass is 10.2. The Kier molecular flexibility index (Phi) is 3.79. The smallest absolute Gasteiger partial charge is 0.220 e. The molecular formula is C17H15FN2O. The molecule has 4 heteroatoms.